The molecule has 0 unspecified atom stereocenters. The number of carbonyl (C=O) groups excluding carboxylic acids is 1. The molecule has 36 heavy (non-hydrogen) atoms. The van der Waals surface area contributed by atoms with E-state index in [1.807, 2.05) is 48.5 Å². The van der Waals surface area contributed by atoms with Gasteiger partial charge in [0, 0.05) is 17.5 Å². The molecule has 0 radical (unpaired) electrons. The summed E-state index contributed by atoms with van der Waals surface area (Å²) in [4.78, 5) is 12.8. The van der Waals surface area contributed by atoms with E-state index in [-0.39, 0.29) is 22.4 Å². The first-order valence-corrected chi connectivity index (χ1v) is 12.8. The number of para-hydroxylation sites is 2. The number of hydrogen-bond acceptors (Lipinski definition) is 7. The standard InChI is InChI=1S/C26H20N4O5S/c31-24(27-26-29-28-25(35-26)23-16-19-7-2-4-10-22(19)34-23)18-11-13-20(14-12-18)36(32,33)30-15-5-8-17-6-1-3-9-21(17)30/h1-4,6-7,9-14,16H,5,8,15H2,(H,27,29,31). The van der Waals surface area contributed by atoms with Crippen molar-refractivity contribution >= 4 is 38.6 Å². The number of hydrogen-bond donors (Lipinski definition) is 1. The highest BCUT2D eigenvalue weighted by atomic mass is 32.2. The van der Waals surface area contributed by atoms with Crippen LogP contribution in [0.1, 0.15) is 22.3 Å². The van der Waals surface area contributed by atoms with E-state index >= 15 is 0 Å². The number of sulfonamides is 1. The van der Waals surface area contributed by atoms with Crippen molar-refractivity contribution in [2.24, 2.45) is 0 Å². The quantitative estimate of drug-likeness (QED) is 0.365. The van der Waals surface area contributed by atoms with Crippen molar-refractivity contribution in [3.05, 3.63) is 90.0 Å². The van der Waals surface area contributed by atoms with Crippen LogP contribution in [-0.4, -0.2) is 31.1 Å². The Bertz CT molecular complexity index is 1660. The van der Waals surface area contributed by atoms with Gasteiger partial charge in [0.25, 0.3) is 21.8 Å². The third-order valence-corrected chi connectivity index (χ3v) is 7.88. The van der Waals surface area contributed by atoms with Crippen LogP contribution in [0.15, 0.2) is 92.6 Å². The lowest BCUT2D eigenvalue weighted by molar-refractivity contribution is 0.102. The van der Waals surface area contributed by atoms with E-state index < -0.39 is 15.9 Å². The average molecular weight is 501 g/mol. The van der Waals surface area contributed by atoms with Crippen molar-refractivity contribution in [2.45, 2.75) is 17.7 Å². The van der Waals surface area contributed by atoms with Gasteiger partial charge in [-0.25, -0.2) is 8.42 Å². The number of furan rings is 1. The lowest BCUT2D eigenvalue weighted by Gasteiger charge is -2.30. The zero-order valence-corrected chi connectivity index (χ0v) is 19.7. The Labute approximate surface area is 206 Å². The molecule has 2 aromatic heterocycles. The Morgan fingerprint density at radius 2 is 1.69 bits per heavy atom. The van der Waals surface area contributed by atoms with E-state index in [0.717, 1.165) is 23.8 Å². The molecule has 6 rings (SSSR count). The first-order valence-electron chi connectivity index (χ1n) is 11.3. The first-order chi connectivity index (χ1) is 17.5. The van der Waals surface area contributed by atoms with Crippen LogP contribution in [0.25, 0.3) is 22.6 Å². The summed E-state index contributed by atoms with van der Waals surface area (Å²) < 4.78 is 39.3. The molecule has 0 bridgehead atoms. The van der Waals surface area contributed by atoms with Gasteiger partial charge in [0.05, 0.1) is 10.6 Å². The van der Waals surface area contributed by atoms with Crippen molar-refractivity contribution < 1.29 is 22.0 Å². The minimum atomic E-state index is -3.76. The van der Waals surface area contributed by atoms with Gasteiger partial charge in [0.2, 0.25) is 0 Å². The van der Waals surface area contributed by atoms with Gasteiger partial charge in [0.15, 0.2) is 5.76 Å². The summed E-state index contributed by atoms with van der Waals surface area (Å²) in [5.74, 6) is 0.00451. The molecule has 0 spiro atoms. The second kappa shape index (κ2) is 8.65. The highest BCUT2D eigenvalue weighted by Gasteiger charge is 2.29. The molecule has 9 nitrogen and oxygen atoms in total. The van der Waals surface area contributed by atoms with E-state index in [9.17, 15) is 13.2 Å². The Morgan fingerprint density at radius 1 is 0.917 bits per heavy atom. The van der Waals surface area contributed by atoms with Crippen LogP contribution in [0.5, 0.6) is 0 Å². The fraction of sp³-hybridized carbons (Fsp3) is 0.115. The van der Waals surface area contributed by atoms with Crippen LogP contribution in [0.3, 0.4) is 0 Å². The Morgan fingerprint density at radius 3 is 2.53 bits per heavy atom. The number of nitrogens with one attached hydrogen (secondary N) is 1. The fourth-order valence-corrected chi connectivity index (χ4v) is 5.83. The van der Waals surface area contributed by atoms with Gasteiger partial charge in [-0.3, -0.25) is 14.4 Å². The van der Waals surface area contributed by atoms with E-state index in [4.69, 9.17) is 8.83 Å². The highest BCUT2D eigenvalue weighted by molar-refractivity contribution is 7.92. The maximum atomic E-state index is 13.3. The minimum Gasteiger partial charge on any atom is -0.451 e. The number of anilines is 2. The predicted molar refractivity (Wildman–Crippen MR) is 133 cm³/mol. The van der Waals surface area contributed by atoms with Crippen molar-refractivity contribution in [3.8, 4) is 11.7 Å². The molecular formula is C26H20N4O5S. The van der Waals surface area contributed by atoms with Gasteiger partial charge in [-0.1, -0.05) is 41.5 Å². The van der Waals surface area contributed by atoms with Crippen LogP contribution >= 0.6 is 0 Å². The average Bonchev–Trinajstić information content (AvgIpc) is 3.55. The molecule has 1 aliphatic rings. The van der Waals surface area contributed by atoms with E-state index in [1.165, 1.54) is 28.6 Å². The van der Waals surface area contributed by atoms with Crippen LogP contribution in [0.2, 0.25) is 0 Å². The minimum absolute atomic E-state index is 0.0999. The zero-order chi connectivity index (χ0) is 24.7. The summed E-state index contributed by atoms with van der Waals surface area (Å²) in [6.07, 6.45) is 1.59. The summed E-state index contributed by atoms with van der Waals surface area (Å²) >= 11 is 0. The Kier molecular flexibility index (Phi) is 5.30. The van der Waals surface area contributed by atoms with Gasteiger partial charge in [-0.05, 0) is 60.9 Å². The van der Waals surface area contributed by atoms with E-state index in [0.29, 0.717) is 23.6 Å². The first kappa shape index (κ1) is 22.1. The maximum Gasteiger partial charge on any atom is 0.322 e. The molecule has 1 amide bonds. The van der Waals surface area contributed by atoms with Gasteiger partial charge < -0.3 is 8.83 Å². The SMILES string of the molecule is O=C(Nc1nnc(-c2cc3ccccc3o2)o1)c1ccc(S(=O)(=O)N2CCCc3ccccc32)cc1. The smallest absolute Gasteiger partial charge is 0.322 e. The molecule has 10 heteroatoms. The normalized spacial score (nSPS) is 13.5. The molecule has 3 aromatic carbocycles. The number of carbonyl (C=O) groups is 1. The summed E-state index contributed by atoms with van der Waals surface area (Å²) in [6, 6.07) is 22.4. The summed E-state index contributed by atoms with van der Waals surface area (Å²) in [5.41, 5.74) is 2.63. The number of benzene rings is 3. The molecule has 3 heterocycles. The van der Waals surface area contributed by atoms with Crippen LogP contribution < -0.4 is 9.62 Å². The number of fused-ring (bicyclic) bond motifs is 2. The monoisotopic (exact) mass is 500 g/mol. The van der Waals surface area contributed by atoms with Crippen molar-refractivity contribution in [2.75, 3.05) is 16.2 Å². The number of amides is 1. The lowest BCUT2D eigenvalue weighted by atomic mass is 10.0. The molecule has 0 atom stereocenters. The Hall–Kier alpha value is -4.44. The van der Waals surface area contributed by atoms with Gasteiger partial charge >= 0.3 is 6.01 Å². The third-order valence-electron chi connectivity index (χ3n) is 6.05. The summed E-state index contributed by atoms with van der Waals surface area (Å²) in [5, 5.41) is 11.2. The van der Waals surface area contributed by atoms with Gasteiger partial charge in [-0.15, -0.1) is 5.10 Å². The molecule has 5 aromatic rings. The summed E-state index contributed by atoms with van der Waals surface area (Å²) in [7, 11) is -3.76. The van der Waals surface area contributed by atoms with Crippen molar-refractivity contribution in [3.63, 3.8) is 0 Å². The number of rotatable bonds is 5. The predicted octanol–water partition coefficient (Wildman–Crippen LogP) is 4.88. The number of aryl methyl sites for hydroxylation is 1. The topological polar surface area (TPSA) is 119 Å². The molecule has 0 saturated heterocycles. The lowest BCUT2D eigenvalue weighted by Crippen LogP contribution is -2.35. The molecule has 0 fully saturated rings. The highest BCUT2D eigenvalue weighted by Crippen LogP contribution is 2.32. The number of nitrogens with zero attached hydrogens (tertiary/aromatic N) is 3. The largest absolute Gasteiger partial charge is 0.451 e. The molecule has 1 N–H and O–H groups in total. The second-order valence-corrected chi connectivity index (χ2v) is 10.2. The van der Waals surface area contributed by atoms with Gasteiger partial charge in [-0.2, -0.15) is 0 Å². The molecule has 180 valence electrons. The van der Waals surface area contributed by atoms with Crippen LogP contribution in [0, 0.1) is 0 Å². The molecule has 0 aliphatic carbocycles. The maximum absolute atomic E-state index is 13.3. The van der Waals surface area contributed by atoms with Crippen molar-refractivity contribution in [1.82, 2.24) is 10.2 Å². The van der Waals surface area contributed by atoms with Crippen molar-refractivity contribution in [1.29, 1.82) is 0 Å². The third kappa shape index (κ3) is 3.91. The van der Waals surface area contributed by atoms with E-state index in [1.54, 1.807) is 6.07 Å². The van der Waals surface area contributed by atoms with Gasteiger partial charge in [0.1, 0.15) is 5.58 Å². The fourth-order valence-electron chi connectivity index (χ4n) is 4.28. The van der Waals surface area contributed by atoms with Crippen LogP contribution in [-0.2, 0) is 16.4 Å². The molecule has 1 aliphatic heterocycles. The number of aromatic nitrogens is 2. The molecule has 0 saturated carbocycles. The van der Waals surface area contributed by atoms with Crippen LogP contribution in [0.4, 0.5) is 11.7 Å². The zero-order valence-electron chi connectivity index (χ0n) is 18.9. The van der Waals surface area contributed by atoms with E-state index in [2.05, 4.69) is 15.5 Å². The summed E-state index contributed by atoms with van der Waals surface area (Å²) in [6.45, 7) is 0.409. The second-order valence-electron chi connectivity index (χ2n) is 8.35. The Balaban J connectivity index is 1.19. The molecular weight excluding hydrogens is 480 g/mol.